The standard InChI is InChI=1S/C15H24N4O2/c1-11-17-14(18-21-11)9-12-5-4-8-19(10-12)15(20)13-6-2-3-7-16-13/h12-13,16H,2-10H2,1H3/t12-,13+/m0/s1. The molecule has 0 aliphatic carbocycles. The Balaban J connectivity index is 1.56. The third-order valence-corrected chi connectivity index (χ3v) is 4.48. The Kier molecular flexibility index (Phi) is 4.53. The highest BCUT2D eigenvalue weighted by molar-refractivity contribution is 5.82. The van der Waals surface area contributed by atoms with E-state index in [1.54, 1.807) is 0 Å². The van der Waals surface area contributed by atoms with Gasteiger partial charge in [-0.05, 0) is 38.1 Å². The lowest BCUT2D eigenvalue weighted by molar-refractivity contribution is -0.135. The van der Waals surface area contributed by atoms with Crippen molar-refractivity contribution in [1.82, 2.24) is 20.4 Å². The summed E-state index contributed by atoms with van der Waals surface area (Å²) in [6.45, 7) is 4.49. The van der Waals surface area contributed by atoms with Crippen LogP contribution >= 0.6 is 0 Å². The number of likely N-dealkylation sites (tertiary alicyclic amines) is 1. The number of carbonyl (C=O) groups excluding carboxylic acids is 1. The van der Waals surface area contributed by atoms with Crippen molar-refractivity contribution in [1.29, 1.82) is 0 Å². The molecule has 3 heterocycles. The van der Waals surface area contributed by atoms with Crippen molar-refractivity contribution < 1.29 is 9.32 Å². The van der Waals surface area contributed by atoms with Gasteiger partial charge >= 0.3 is 0 Å². The summed E-state index contributed by atoms with van der Waals surface area (Å²) in [5.41, 5.74) is 0. The highest BCUT2D eigenvalue weighted by Crippen LogP contribution is 2.21. The number of piperidine rings is 2. The van der Waals surface area contributed by atoms with Gasteiger partial charge in [0, 0.05) is 26.4 Å². The van der Waals surface area contributed by atoms with Crippen LogP contribution in [0, 0.1) is 12.8 Å². The number of aryl methyl sites for hydroxylation is 1. The number of hydrogen-bond acceptors (Lipinski definition) is 5. The van der Waals surface area contributed by atoms with E-state index in [-0.39, 0.29) is 11.9 Å². The number of carbonyl (C=O) groups is 1. The second-order valence-corrected chi connectivity index (χ2v) is 6.23. The normalized spacial score (nSPS) is 26.8. The first-order valence-corrected chi connectivity index (χ1v) is 8.04. The molecule has 6 nitrogen and oxygen atoms in total. The van der Waals surface area contributed by atoms with Gasteiger partial charge in [-0.15, -0.1) is 0 Å². The maximum atomic E-state index is 12.6. The summed E-state index contributed by atoms with van der Waals surface area (Å²) in [4.78, 5) is 18.9. The fraction of sp³-hybridized carbons (Fsp3) is 0.800. The molecule has 0 spiro atoms. The Morgan fingerprint density at radius 2 is 2.29 bits per heavy atom. The predicted octanol–water partition coefficient (Wildman–Crippen LogP) is 1.30. The Morgan fingerprint density at radius 1 is 1.38 bits per heavy atom. The number of amides is 1. The average molecular weight is 292 g/mol. The Labute approximate surface area is 125 Å². The summed E-state index contributed by atoms with van der Waals surface area (Å²) in [6.07, 6.45) is 6.32. The Morgan fingerprint density at radius 3 is 3.00 bits per heavy atom. The first-order chi connectivity index (χ1) is 10.2. The molecule has 0 aromatic carbocycles. The number of hydrogen-bond donors (Lipinski definition) is 1. The lowest BCUT2D eigenvalue weighted by atomic mass is 9.93. The molecular weight excluding hydrogens is 268 g/mol. The summed E-state index contributed by atoms with van der Waals surface area (Å²) < 4.78 is 5.02. The van der Waals surface area contributed by atoms with E-state index in [1.165, 1.54) is 6.42 Å². The minimum Gasteiger partial charge on any atom is -0.341 e. The minimum atomic E-state index is 0.0323. The monoisotopic (exact) mass is 292 g/mol. The first kappa shape index (κ1) is 14.5. The van der Waals surface area contributed by atoms with E-state index in [9.17, 15) is 4.79 Å². The molecule has 2 fully saturated rings. The van der Waals surface area contributed by atoms with Crippen LogP contribution in [0.1, 0.15) is 43.8 Å². The SMILES string of the molecule is Cc1nc(C[C@@H]2CCCN(C(=O)[C@H]3CCCCN3)C2)no1. The molecule has 116 valence electrons. The fourth-order valence-electron chi connectivity index (χ4n) is 3.40. The number of aromatic nitrogens is 2. The van der Waals surface area contributed by atoms with Crippen LogP contribution in [-0.2, 0) is 11.2 Å². The first-order valence-electron chi connectivity index (χ1n) is 8.04. The van der Waals surface area contributed by atoms with Gasteiger partial charge in [0.1, 0.15) is 0 Å². The molecule has 21 heavy (non-hydrogen) atoms. The molecule has 6 heteroatoms. The molecule has 1 aromatic heterocycles. The molecule has 0 saturated carbocycles. The van der Waals surface area contributed by atoms with E-state index in [1.807, 2.05) is 11.8 Å². The number of nitrogens with one attached hydrogen (secondary N) is 1. The molecule has 3 rings (SSSR count). The van der Waals surface area contributed by atoms with Gasteiger partial charge in [0.15, 0.2) is 5.82 Å². The molecule has 2 aliphatic heterocycles. The molecule has 2 saturated heterocycles. The minimum absolute atomic E-state index is 0.0323. The van der Waals surface area contributed by atoms with Crippen LogP contribution in [0.5, 0.6) is 0 Å². The van der Waals surface area contributed by atoms with Crippen LogP contribution < -0.4 is 5.32 Å². The fourth-order valence-corrected chi connectivity index (χ4v) is 3.40. The summed E-state index contributed by atoms with van der Waals surface area (Å²) in [7, 11) is 0. The van der Waals surface area contributed by atoms with Crippen molar-refractivity contribution in [2.24, 2.45) is 5.92 Å². The van der Waals surface area contributed by atoms with Crippen LogP contribution in [0.3, 0.4) is 0 Å². The van der Waals surface area contributed by atoms with Gasteiger partial charge in [-0.25, -0.2) is 0 Å². The van der Waals surface area contributed by atoms with Crippen LogP contribution in [0.2, 0.25) is 0 Å². The van der Waals surface area contributed by atoms with Crippen molar-refractivity contribution in [2.75, 3.05) is 19.6 Å². The summed E-state index contributed by atoms with van der Waals surface area (Å²) in [6, 6.07) is 0.0323. The predicted molar refractivity (Wildman–Crippen MR) is 77.7 cm³/mol. The molecular formula is C15H24N4O2. The van der Waals surface area contributed by atoms with E-state index in [2.05, 4.69) is 15.5 Å². The maximum Gasteiger partial charge on any atom is 0.239 e. The lowest BCUT2D eigenvalue weighted by Crippen LogP contribution is -2.51. The van der Waals surface area contributed by atoms with Crippen LogP contribution in [0.25, 0.3) is 0 Å². The van der Waals surface area contributed by atoms with Crippen LogP contribution in [0.15, 0.2) is 4.52 Å². The zero-order chi connectivity index (χ0) is 14.7. The Bertz CT molecular complexity index is 482. The second-order valence-electron chi connectivity index (χ2n) is 6.23. The second kappa shape index (κ2) is 6.56. The van der Waals surface area contributed by atoms with Gasteiger partial charge in [-0.2, -0.15) is 4.98 Å². The van der Waals surface area contributed by atoms with Crippen LogP contribution in [-0.4, -0.2) is 46.6 Å². The van der Waals surface area contributed by atoms with Gasteiger partial charge in [0.05, 0.1) is 6.04 Å². The molecule has 1 N–H and O–H groups in total. The smallest absolute Gasteiger partial charge is 0.239 e. The van der Waals surface area contributed by atoms with E-state index in [0.717, 1.165) is 57.6 Å². The highest BCUT2D eigenvalue weighted by Gasteiger charge is 2.30. The topological polar surface area (TPSA) is 71.3 Å². The van der Waals surface area contributed by atoms with Gasteiger partial charge in [0.25, 0.3) is 0 Å². The van der Waals surface area contributed by atoms with Gasteiger partial charge in [0.2, 0.25) is 11.8 Å². The van der Waals surface area contributed by atoms with Crippen molar-refractivity contribution in [2.45, 2.75) is 51.5 Å². The highest BCUT2D eigenvalue weighted by atomic mass is 16.5. The van der Waals surface area contributed by atoms with E-state index >= 15 is 0 Å². The van der Waals surface area contributed by atoms with Gasteiger partial charge in [-0.3, -0.25) is 4.79 Å². The largest absolute Gasteiger partial charge is 0.341 e. The van der Waals surface area contributed by atoms with E-state index in [4.69, 9.17) is 4.52 Å². The molecule has 0 unspecified atom stereocenters. The van der Waals surface area contributed by atoms with E-state index < -0.39 is 0 Å². The molecule has 2 atom stereocenters. The van der Waals surface area contributed by atoms with Gasteiger partial charge in [-0.1, -0.05) is 11.6 Å². The average Bonchev–Trinajstić information content (AvgIpc) is 2.93. The van der Waals surface area contributed by atoms with Crippen molar-refractivity contribution >= 4 is 5.91 Å². The summed E-state index contributed by atoms with van der Waals surface area (Å²) in [5.74, 6) is 2.11. The molecule has 0 bridgehead atoms. The molecule has 1 aromatic rings. The van der Waals surface area contributed by atoms with Crippen molar-refractivity contribution in [3.63, 3.8) is 0 Å². The van der Waals surface area contributed by atoms with E-state index in [0.29, 0.717) is 11.8 Å². The number of rotatable bonds is 3. The molecule has 1 amide bonds. The summed E-state index contributed by atoms with van der Waals surface area (Å²) in [5, 5.41) is 7.32. The lowest BCUT2D eigenvalue weighted by Gasteiger charge is -2.35. The number of nitrogens with zero attached hydrogens (tertiary/aromatic N) is 3. The van der Waals surface area contributed by atoms with Crippen LogP contribution in [0.4, 0.5) is 0 Å². The zero-order valence-electron chi connectivity index (χ0n) is 12.7. The third-order valence-electron chi connectivity index (χ3n) is 4.48. The Hall–Kier alpha value is -1.43. The van der Waals surface area contributed by atoms with Crippen molar-refractivity contribution in [3.8, 4) is 0 Å². The maximum absolute atomic E-state index is 12.6. The molecule has 2 aliphatic rings. The van der Waals surface area contributed by atoms with Crippen molar-refractivity contribution in [3.05, 3.63) is 11.7 Å². The quantitative estimate of drug-likeness (QED) is 0.909. The molecule has 0 radical (unpaired) electrons. The third kappa shape index (κ3) is 3.61. The summed E-state index contributed by atoms with van der Waals surface area (Å²) >= 11 is 0. The van der Waals surface area contributed by atoms with Gasteiger partial charge < -0.3 is 14.7 Å². The zero-order valence-corrected chi connectivity index (χ0v) is 12.7.